The Morgan fingerprint density at radius 1 is 0.958 bits per heavy atom. The van der Waals surface area contributed by atoms with Gasteiger partial charge in [0.05, 0.1) is 39.8 Å². The minimum Gasteiger partial charge on any atom is -0.497 e. The van der Waals surface area contributed by atoms with Gasteiger partial charge in [0.15, 0.2) is 11.5 Å². The average Bonchev–Trinajstić information content (AvgIpc) is 2.63. The second-order valence-corrected chi connectivity index (χ2v) is 4.79. The fraction of sp³-hybridized carbons (Fsp3) is 0.278. The molecule has 0 fully saturated rings. The molecule has 0 heterocycles. The molecule has 0 aliphatic rings. The maximum atomic E-state index is 5.58. The SMILES string of the molecule is CCOc1c(OC)cc(/C=N/Nc2ccc(OC)cc2)cc1OC. The van der Waals surface area contributed by atoms with E-state index in [2.05, 4.69) is 10.5 Å². The molecule has 0 aliphatic carbocycles. The van der Waals surface area contributed by atoms with Crippen LogP contribution in [0.5, 0.6) is 23.0 Å². The molecule has 0 radical (unpaired) electrons. The van der Waals surface area contributed by atoms with Gasteiger partial charge in [0.1, 0.15) is 5.75 Å². The van der Waals surface area contributed by atoms with Gasteiger partial charge in [-0.1, -0.05) is 0 Å². The highest BCUT2D eigenvalue weighted by Gasteiger charge is 2.13. The van der Waals surface area contributed by atoms with Crippen LogP contribution < -0.4 is 24.4 Å². The monoisotopic (exact) mass is 330 g/mol. The number of nitrogens with one attached hydrogen (secondary N) is 1. The number of ether oxygens (including phenoxy) is 4. The number of hydrogen-bond donors (Lipinski definition) is 1. The second-order valence-electron chi connectivity index (χ2n) is 4.79. The Balaban J connectivity index is 2.15. The van der Waals surface area contributed by atoms with Crippen LogP contribution in [0.1, 0.15) is 12.5 Å². The summed E-state index contributed by atoms with van der Waals surface area (Å²) in [5, 5.41) is 4.23. The van der Waals surface area contributed by atoms with Crippen molar-refractivity contribution in [2.24, 2.45) is 5.10 Å². The van der Waals surface area contributed by atoms with Crippen LogP contribution in [0.15, 0.2) is 41.5 Å². The van der Waals surface area contributed by atoms with Crippen molar-refractivity contribution in [1.29, 1.82) is 0 Å². The highest BCUT2D eigenvalue weighted by Crippen LogP contribution is 2.38. The molecule has 0 atom stereocenters. The normalized spacial score (nSPS) is 10.5. The lowest BCUT2D eigenvalue weighted by molar-refractivity contribution is 0.288. The van der Waals surface area contributed by atoms with E-state index >= 15 is 0 Å². The predicted molar refractivity (Wildman–Crippen MR) is 94.9 cm³/mol. The molecule has 0 aromatic heterocycles. The van der Waals surface area contributed by atoms with E-state index in [-0.39, 0.29) is 0 Å². The quantitative estimate of drug-likeness (QED) is 0.592. The number of rotatable bonds is 8. The zero-order valence-electron chi connectivity index (χ0n) is 14.3. The van der Waals surface area contributed by atoms with E-state index < -0.39 is 0 Å². The molecular weight excluding hydrogens is 308 g/mol. The van der Waals surface area contributed by atoms with E-state index in [1.165, 1.54) is 0 Å². The molecular formula is C18H22N2O4. The number of anilines is 1. The topological polar surface area (TPSA) is 61.3 Å². The molecule has 0 bridgehead atoms. The molecule has 0 saturated heterocycles. The highest BCUT2D eigenvalue weighted by atomic mass is 16.5. The summed E-state index contributed by atoms with van der Waals surface area (Å²) in [5.41, 5.74) is 4.65. The first-order chi connectivity index (χ1) is 11.7. The van der Waals surface area contributed by atoms with Gasteiger partial charge in [-0.25, -0.2) is 0 Å². The van der Waals surface area contributed by atoms with Crippen LogP contribution in [-0.2, 0) is 0 Å². The Labute approximate surface area is 142 Å². The van der Waals surface area contributed by atoms with Gasteiger partial charge in [-0.2, -0.15) is 5.10 Å². The molecule has 1 N–H and O–H groups in total. The van der Waals surface area contributed by atoms with Gasteiger partial charge in [0.25, 0.3) is 0 Å². The lowest BCUT2D eigenvalue weighted by Crippen LogP contribution is -2.00. The van der Waals surface area contributed by atoms with Gasteiger partial charge in [-0.15, -0.1) is 0 Å². The third-order valence-electron chi connectivity index (χ3n) is 3.27. The average molecular weight is 330 g/mol. The Bertz CT molecular complexity index is 659. The maximum absolute atomic E-state index is 5.58. The van der Waals surface area contributed by atoms with Crippen LogP contribution in [0.25, 0.3) is 0 Å². The fourth-order valence-corrected chi connectivity index (χ4v) is 2.11. The van der Waals surface area contributed by atoms with Crippen molar-refractivity contribution in [1.82, 2.24) is 0 Å². The molecule has 24 heavy (non-hydrogen) atoms. The Kier molecular flexibility index (Phi) is 6.31. The zero-order valence-corrected chi connectivity index (χ0v) is 14.3. The van der Waals surface area contributed by atoms with Crippen molar-refractivity contribution in [3.8, 4) is 23.0 Å². The standard InChI is InChI=1S/C18H22N2O4/c1-5-24-18-16(22-3)10-13(11-17(18)23-4)12-19-20-14-6-8-15(21-2)9-7-14/h6-12,20H,5H2,1-4H3/b19-12+. The third-order valence-corrected chi connectivity index (χ3v) is 3.27. The van der Waals surface area contributed by atoms with Gasteiger partial charge in [0, 0.05) is 5.56 Å². The summed E-state index contributed by atoms with van der Waals surface area (Å²) in [6.45, 7) is 2.44. The van der Waals surface area contributed by atoms with Crippen molar-refractivity contribution >= 4 is 11.9 Å². The summed E-state index contributed by atoms with van der Waals surface area (Å²) in [6, 6.07) is 11.2. The second kappa shape index (κ2) is 8.67. The smallest absolute Gasteiger partial charge is 0.203 e. The van der Waals surface area contributed by atoms with Crippen LogP contribution in [0.3, 0.4) is 0 Å². The number of hydrazone groups is 1. The van der Waals surface area contributed by atoms with E-state index in [4.69, 9.17) is 18.9 Å². The number of hydrogen-bond acceptors (Lipinski definition) is 6. The van der Waals surface area contributed by atoms with Crippen LogP contribution in [-0.4, -0.2) is 34.2 Å². The molecule has 6 heteroatoms. The largest absolute Gasteiger partial charge is 0.497 e. The molecule has 0 saturated carbocycles. The van der Waals surface area contributed by atoms with Crippen molar-refractivity contribution in [2.45, 2.75) is 6.92 Å². The minimum absolute atomic E-state index is 0.527. The molecule has 128 valence electrons. The molecule has 0 unspecified atom stereocenters. The number of benzene rings is 2. The van der Waals surface area contributed by atoms with E-state index in [0.717, 1.165) is 17.0 Å². The van der Waals surface area contributed by atoms with Gasteiger partial charge >= 0.3 is 0 Å². The van der Waals surface area contributed by atoms with Gasteiger partial charge in [-0.3, -0.25) is 5.43 Å². The summed E-state index contributed by atoms with van der Waals surface area (Å²) in [6.07, 6.45) is 1.69. The molecule has 2 rings (SSSR count). The van der Waals surface area contributed by atoms with Crippen LogP contribution in [0.4, 0.5) is 5.69 Å². The van der Waals surface area contributed by atoms with Crippen LogP contribution in [0.2, 0.25) is 0 Å². The summed E-state index contributed by atoms with van der Waals surface area (Å²) in [5.74, 6) is 2.58. The van der Waals surface area contributed by atoms with Crippen molar-refractivity contribution in [3.63, 3.8) is 0 Å². The molecule has 6 nitrogen and oxygen atoms in total. The summed E-state index contributed by atoms with van der Waals surface area (Å²) in [7, 11) is 4.81. The van der Waals surface area contributed by atoms with Gasteiger partial charge < -0.3 is 18.9 Å². The zero-order chi connectivity index (χ0) is 17.4. The van der Waals surface area contributed by atoms with Gasteiger partial charge in [0.2, 0.25) is 5.75 Å². The van der Waals surface area contributed by atoms with E-state index in [1.54, 1.807) is 27.5 Å². The molecule has 0 aliphatic heterocycles. The fourth-order valence-electron chi connectivity index (χ4n) is 2.11. The maximum Gasteiger partial charge on any atom is 0.203 e. The number of methoxy groups -OCH3 is 3. The highest BCUT2D eigenvalue weighted by molar-refractivity contribution is 5.83. The molecule has 2 aromatic carbocycles. The minimum atomic E-state index is 0.527. The Hall–Kier alpha value is -2.89. The van der Waals surface area contributed by atoms with Crippen molar-refractivity contribution in [2.75, 3.05) is 33.4 Å². The molecule has 0 amide bonds. The summed E-state index contributed by atoms with van der Waals surface area (Å²) in [4.78, 5) is 0. The lowest BCUT2D eigenvalue weighted by atomic mass is 10.2. The lowest BCUT2D eigenvalue weighted by Gasteiger charge is -2.14. The molecule has 2 aromatic rings. The van der Waals surface area contributed by atoms with Crippen LogP contribution >= 0.6 is 0 Å². The van der Waals surface area contributed by atoms with Crippen LogP contribution in [0, 0.1) is 0 Å². The predicted octanol–water partition coefficient (Wildman–Crippen LogP) is 3.56. The third kappa shape index (κ3) is 4.32. The Morgan fingerprint density at radius 3 is 2.08 bits per heavy atom. The summed E-state index contributed by atoms with van der Waals surface area (Å²) < 4.78 is 21.4. The van der Waals surface area contributed by atoms with Crippen molar-refractivity contribution in [3.05, 3.63) is 42.0 Å². The summed E-state index contributed by atoms with van der Waals surface area (Å²) >= 11 is 0. The first-order valence-electron chi connectivity index (χ1n) is 7.53. The van der Waals surface area contributed by atoms with E-state index in [1.807, 2.05) is 43.3 Å². The van der Waals surface area contributed by atoms with E-state index in [9.17, 15) is 0 Å². The van der Waals surface area contributed by atoms with Crippen molar-refractivity contribution < 1.29 is 18.9 Å². The molecule has 0 spiro atoms. The number of nitrogens with zero attached hydrogens (tertiary/aromatic N) is 1. The first-order valence-corrected chi connectivity index (χ1v) is 7.53. The van der Waals surface area contributed by atoms with E-state index in [0.29, 0.717) is 23.9 Å². The Morgan fingerprint density at radius 2 is 1.58 bits per heavy atom. The van der Waals surface area contributed by atoms with Gasteiger partial charge in [-0.05, 0) is 43.3 Å². The first kappa shape index (κ1) is 17.5.